The van der Waals surface area contributed by atoms with E-state index < -0.39 is 0 Å². The number of aryl methyl sites for hydroxylation is 1. The van der Waals surface area contributed by atoms with E-state index in [0.717, 1.165) is 25.1 Å². The van der Waals surface area contributed by atoms with Crippen LogP contribution in [0, 0.1) is 0 Å². The summed E-state index contributed by atoms with van der Waals surface area (Å²) in [6, 6.07) is 12.3. The molecule has 1 heterocycles. The maximum atomic E-state index is 12.3. The van der Waals surface area contributed by atoms with Crippen LogP contribution in [0.1, 0.15) is 36.2 Å². The Morgan fingerprint density at radius 3 is 2.57 bits per heavy atom. The van der Waals surface area contributed by atoms with Crippen molar-refractivity contribution in [3.8, 4) is 0 Å². The van der Waals surface area contributed by atoms with Crippen molar-refractivity contribution in [3.63, 3.8) is 0 Å². The number of nitrogens with one attached hydrogen (secondary N) is 1. The van der Waals surface area contributed by atoms with Crippen LogP contribution in [0.4, 0.5) is 5.69 Å². The summed E-state index contributed by atoms with van der Waals surface area (Å²) < 4.78 is 0. The summed E-state index contributed by atoms with van der Waals surface area (Å²) in [7, 11) is 0. The summed E-state index contributed by atoms with van der Waals surface area (Å²) in [5, 5.41) is 3.35. The molecular formula is C19H25N3O. The first-order valence-electron chi connectivity index (χ1n) is 8.26. The molecule has 0 radical (unpaired) electrons. The van der Waals surface area contributed by atoms with Crippen LogP contribution in [-0.2, 0) is 6.42 Å². The molecular weight excluding hydrogens is 286 g/mol. The molecule has 0 fully saturated rings. The van der Waals surface area contributed by atoms with E-state index in [0.29, 0.717) is 18.7 Å². The second kappa shape index (κ2) is 8.93. The van der Waals surface area contributed by atoms with Crippen molar-refractivity contribution in [1.29, 1.82) is 0 Å². The van der Waals surface area contributed by atoms with Gasteiger partial charge in [-0.1, -0.05) is 30.3 Å². The number of carbonyl (C=O) groups is 1. The van der Waals surface area contributed by atoms with Crippen molar-refractivity contribution >= 4 is 11.6 Å². The lowest BCUT2D eigenvalue weighted by molar-refractivity contribution is 0.0772. The number of anilines is 1. The van der Waals surface area contributed by atoms with E-state index in [1.165, 1.54) is 5.56 Å². The van der Waals surface area contributed by atoms with E-state index in [9.17, 15) is 4.79 Å². The molecule has 0 spiro atoms. The van der Waals surface area contributed by atoms with Crippen molar-refractivity contribution in [2.45, 2.75) is 26.7 Å². The second-order valence-corrected chi connectivity index (χ2v) is 5.46. The van der Waals surface area contributed by atoms with E-state index in [1.54, 1.807) is 17.3 Å². The van der Waals surface area contributed by atoms with Crippen LogP contribution < -0.4 is 5.32 Å². The van der Waals surface area contributed by atoms with Gasteiger partial charge in [-0.05, 0) is 38.3 Å². The first-order valence-corrected chi connectivity index (χ1v) is 8.26. The standard InChI is InChI=1S/C19H25N3O/c1-3-22(4-2)19(23)17-13-18(15-20-14-17)21-12-8-11-16-9-6-5-7-10-16/h5-7,9-10,13-15,21H,3-4,8,11-12H2,1-2H3. The van der Waals surface area contributed by atoms with Crippen molar-refractivity contribution in [2.75, 3.05) is 25.0 Å². The molecule has 2 rings (SSSR count). The lowest BCUT2D eigenvalue weighted by Crippen LogP contribution is -2.30. The Kier molecular flexibility index (Phi) is 6.60. The lowest BCUT2D eigenvalue weighted by atomic mass is 10.1. The minimum absolute atomic E-state index is 0.0374. The zero-order valence-corrected chi connectivity index (χ0v) is 14.0. The summed E-state index contributed by atoms with van der Waals surface area (Å²) >= 11 is 0. The lowest BCUT2D eigenvalue weighted by Gasteiger charge is -2.18. The Labute approximate surface area is 138 Å². The van der Waals surface area contributed by atoms with Gasteiger partial charge < -0.3 is 10.2 Å². The Balaban J connectivity index is 1.86. The Hall–Kier alpha value is -2.36. The van der Waals surface area contributed by atoms with Gasteiger partial charge in [-0.25, -0.2) is 0 Å². The van der Waals surface area contributed by atoms with Gasteiger partial charge in [-0.15, -0.1) is 0 Å². The SMILES string of the molecule is CCN(CC)C(=O)c1cncc(NCCCc2ccccc2)c1. The zero-order valence-electron chi connectivity index (χ0n) is 14.0. The van der Waals surface area contributed by atoms with Gasteiger partial charge in [0.25, 0.3) is 5.91 Å². The van der Waals surface area contributed by atoms with E-state index in [-0.39, 0.29) is 5.91 Å². The van der Waals surface area contributed by atoms with E-state index >= 15 is 0 Å². The molecule has 1 N–H and O–H groups in total. The number of hydrogen-bond acceptors (Lipinski definition) is 3. The third-order valence-electron chi connectivity index (χ3n) is 3.85. The summed E-state index contributed by atoms with van der Waals surface area (Å²) in [5.41, 5.74) is 2.88. The summed E-state index contributed by atoms with van der Waals surface area (Å²) in [6.07, 6.45) is 5.48. The van der Waals surface area contributed by atoms with Crippen LogP contribution in [-0.4, -0.2) is 35.4 Å². The van der Waals surface area contributed by atoms with Crippen molar-refractivity contribution < 1.29 is 4.79 Å². The van der Waals surface area contributed by atoms with E-state index in [2.05, 4.69) is 34.6 Å². The molecule has 0 aliphatic heterocycles. The topological polar surface area (TPSA) is 45.2 Å². The highest BCUT2D eigenvalue weighted by molar-refractivity contribution is 5.94. The number of nitrogens with zero attached hydrogens (tertiary/aromatic N) is 2. The summed E-state index contributed by atoms with van der Waals surface area (Å²) in [4.78, 5) is 18.3. The molecule has 0 saturated carbocycles. The minimum atomic E-state index is 0.0374. The number of hydrogen-bond donors (Lipinski definition) is 1. The molecule has 1 aromatic carbocycles. The third kappa shape index (κ3) is 5.09. The number of pyridine rings is 1. The predicted octanol–water partition coefficient (Wildman–Crippen LogP) is 3.61. The van der Waals surface area contributed by atoms with Gasteiger partial charge in [0, 0.05) is 32.0 Å². The zero-order chi connectivity index (χ0) is 16.5. The van der Waals surface area contributed by atoms with Crippen LogP contribution in [0.2, 0.25) is 0 Å². The molecule has 0 aliphatic rings. The van der Waals surface area contributed by atoms with Gasteiger partial charge in [0.15, 0.2) is 0 Å². The number of rotatable bonds is 8. The third-order valence-corrected chi connectivity index (χ3v) is 3.85. The molecule has 0 atom stereocenters. The van der Waals surface area contributed by atoms with Gasteiger partial charge in [0.2, 0.25) is 0 Å². The summed E-state index contributed by atoms with van der Waals surface area (Å²) in [6.45, 7) is 6.26. The van der Waals surface area contributed by atoms with E-state index in [4.69, 9.17) is 0 Å². The largest absolute Gasteiger partial charge is 0.384 e. The van der Waals surface area contributed by atoms with Crippen LogP contribution in [0.5, 0.6) is 0 Å². The average molecular weight is 311 g/mol. The Bertz CT molecular complexity index is 609. The molecule has 0 bridgehead atoms. The molecule has 0 aliphatic carbocycles. The van der Waals surface area contributed by atoms with E-state index in [1.807, 2.05) is 26.0 Å². The second-order valence-electron chi connectivity index (χ2n) is 5.46. The first-order chi connectivity index (χ1) is 11.2. The van der Waals surface area contributed by atoms with Gasteiger partial charge >= 0.3 is 0 Å². The maximum absolute atomic E-state index is 12.3. The molecule has 23 heavy (non-hydrogen) atoms. The normalized spacial score (nSPS) is 10.3. The minimum Gasteiger partial charge on any atom is -0.384 e. The fourth-order valence-corrected chi connectivity index (χ4v) is 2.52. The summed E-state index contributed by atoms with van der Waals surface area (Å²) in [5.74, 6) is 0.0374. The Morgan fingerprint density at radius 1 is 1.13 bits per heavy atom. The highest BCUT2D eigenvalue weighted by Gasteiger charge is 2.12. The van der Waals surface area contributed by atoms with Crippen LogP contribution in [0.3, 0.4) is 0 Å². The maximum Gasteiger partial charge on any atom is 0.255 e. The van der Waals surface area contributed by atoms with Crippen LogP contribution >= 0.6 is 0 Å². The first kappa shape index (κ1) is 17.0. The number of benzene rings is 1. The number of carbonyl (C=O) groups excluding carboxylic acids is 1. The highest BCUT2D eigenvalue weighted by atomic mass is 16.2. The molecule has 1 aromatic heterocycles. The van der Waals surface area contributed by atoms with Gasteiger partial charge in [-0.2, -0.15) is 0 Å². The molecule has 1 amide bonds. The van der Waals surface area contributed by atoms with Gasteiger partial charge in [-0.3, -0.25) is 9.78 Å². The average Bonchev–Trinajstić information content (AvgIpc) is 2.61. The predicted molar refractivity (Wildman–Crippen MR) is 94.7 cm³/mol. The highest BCUT2D eigenvalue weighted by Crippen LogP contribution is 2.11. The number of aromatic nitrogens is 1. The number of amides is 1. The monoisotopic (exact) mass is 311 g/mol. The fourth-order valence-electron chi connectivity index (χ4n) is 2.52. The molecule has 0 unspecified atom stereocenters. The molecule has 0 saturated heterocycles. The van der Waals surface area contributed by atoms with Gasteiger partial charge in [0.05, 0.1) is 11.3 Å². The van der Waals surface area contributed by atoms with Crippen LogP contribution in [0.15, 0.2) is 48.8 Å². The Morgan fingerprint density at radius 2 is 1.87 bits per heavy atom. The molecule has 2 aromatic rings. The molecule has 4 heteroatoms. The van der Waals surface area contributed by atoms with Crippen molar-refractivity contribution in [1.82, 2.24) is 9.88 Å². The molecule has 122 valence electrons. The molecule has 4 nitrogen and oxygen atoms in total. The van der Waals surface area contributed by atoms with Crippen molar-refractivity contribution in [2.24, 2.45) is 0 Å². The van der Waals surface area contributed by atoms with Crippen molar-refractivity contribution in [3.05, 3.63) is 59.9 Å². The van der Waals surface area contributed by atoms with Gasteiger partial charge in [0.1, 0.15) is 0 Å². The fraction of sp³-hybridized carbons (Fsp3) is 0.368. The smallest absolute Gasteiger partial charge is 0.255 e. The van der Waals surface area contributed by atoms with Crippen LogP contribution in [0.25, 0.3) is 0 Å². The quantitative estimate of drug-likeness (QED) is 0.758.